The van der Waals surface area contributed by atoms with Gasteiger partial charge < -0.3 is 5.11 Å². The van der Waals surface area contributed by atoms with Crippen LogP contribution in [0.2, 0.25) is 0 Å². The van der Waals surface area contributed by atoms with Crippen LogP contribution in [0.25, 0.3) is 10.2 Å². The molecule has 23 heavy (non-hydrogen) atoms. The van der Waals surface area contributed by atoms with E-state index in [-0.39, 0.29) is 11.9 Å². The van der Waals surface area contributed by atoms with Crippen molar-refractivity contribution >= 4 is 43.5 Å². The van der Waals surface area contributed by atoms with E-state index in [9.17, 15) is 13.6 Å². The highest BCUT2D eigenvalue weighted by molar-refractivity contribution is 9.10. The van der Waals surface area contributed by atoms with Gasteiger partial charge in [0.15, 0.2) is 11.6 Å². The third kappa shape index (κ3) is 3.56. The molecule has 0 aliphatic carbocycles. The molecule has 0 spiro atoms. The Bertz CT molecular complexity index is 910. The van der Waals surface area contributed by atoms with Gasteiger partial charge in [-0.15, -0.1) is 11.3 Å². The molecule has 3 rings (SSSR count). The molecular formula is C16H10BrF2NO2S. The topological polar surface area (TPSA) is 50.2 Å². The van der Waals surface area contributed by atoms with Crippen molar-refractivity contribution in [3.63, 3.8) is 0 Å². The number of aliphatic carboxylic acids is 1. The zero-order valence-corrected chi connectivity index (χ0v) is 14.0. The van der Waals surface area contributed by atoms with Gasteiger partial charge >= 0.3 is 5.97 Å². The Balaban J connectivity index is 1.94. The van der Waals surface area contributed by atoms with Crippen LogP contribution in [0.4, 0.5) is 8.78 Å². The van der Waals surface area contributed by atoms with Crippen LogP contribution >= 0.6 is 27.3 Å². The smallest absolute Gasteiger partial charge is 0.307 e. The average Bonchev–Trinajstić information content (AvgIpc) is 2.85. The molecule has 2 aromatic carbocycles. The lowest BCUT2D eigenvalue weighted by Crippen LogP contribution is -2.01. The fourth-order valence-electron chi connectivity index (χ4n) is 2.33. The van der Waals surface area contributed by atoms with Crippen LogP contribution in [-0.4, -0.2) is 16.1 Å². The maximum absolute atomic E-state index is 13.7. The fourth-order valence-corrected chi connectivity index (χ4v) is 3.92. The number of carbonyl (C=O) groups is 1. The maximum atomic E-state index is 13.7. The molecule has 0 aliphatic rings. The Morgan fingerprint density at radius 2 is 1.96 bits per heavy atom. The molecular weight excluding hydrogens is 388 g/mol. The minimum atomic E-state index is -0.939. The van der Waals surface area contributed by atoms with Gasteiger partial charge in [0.2, 0.25) is 0 Å². The van der Waals surface area contributed by atoms with E-state index in [0.29, 0.717) is 21.7 Å². The number of aromatic nitrogens is 1. The summed E-state index contributed by atoms with van der Waals surface area (Å²) < 4.78 is 28.3. The lowest BCUT2D eigenvalue weighted by atomic mass is 10.1. The summed E-state index contributed by atoms with van der Waals surface area (Å²) >= 11 is 4.64. The van der Waals surface area contributed by atoms with Crippen molar-refractivity contribution in [3.8, 4) is 0 Å². The predicted molar refractivity (Wildman–Crippen MR) is 87.8 cm³/mol. The van der Waals surface area contributed by atoms with Crippen LogP contribution < -0.4 is 0 Å². The third-order valence-electron chi connectivity index (χ3n) is 3.22. The quantitative estimate of drug-likeness (QED) is 0.702. The molecule has 3 aromatic rings. The number of nitrogens with zero attached hydrogens (tertiary/aromatic N) is 1. The van der Waals surface area contributed by atoms with Gasteiger partial charge in [0, 0.05) is 10.9 Å². The van der Waals surface area contributed by atoms with Gasteiger partial charge in [-0.1, -0.05) is 22.0 Å². The van der Waals surface area contributed by atoms with Crippen LogP contribution in [0.3, 0.4) is 0 Å². The van der Waals surface area contributed by atoms with Gasteiger partial charge in [-0.05, 0) is 35.4 Å². The van der Waals surface area contributed by atoms with Crippen LogP contribution in [0.15, 0.2) is 34.8 Å². The molecule has 3 nitrogen and oxygen atoms in total. The van der Waals surface area contributed by atoms with E-state index in [0.717, 1.165) is 16.1 Å². The summed E-state index contributed by atoms with van der Waals surface area (Å²) in [5.41, 5.74) is 1.56. The van der Waals surface area contributed by atoms with Gasteiger partial charge in [-0.2, -0.15) is 0 Å². The number of hydrogen-bond acceptors (Lipinski definition) is 3. The zero-order valence-electron chi connectivity index (χ0n) is 11.6. The Morgan fingerprint density at radius 1 is 1.22 bits per heavy atom. The van der Waals surface area contributed by atoms with Crippen molar-refractivity contribution in [2.45, 2.75) is 12.8 Å². The summed E-state index contributed by atoms with van der Waals surface area (Å²) in [7, 11) is 0. The Hall–Kier alpha value is -1.86. The standard InChI is InChI=1S/C16H10BrF2NO2S/c17-10-4-8(3-9(5-10)7-14(21)22)6-13-20-16-12(23-13)2-1-11(18)15(16)19/h1-5H,6-7H2,(H,21,22). The molecule has 0 unspecified atom stereocenters. The molecule has 1 N–H and O–H groups in total. The zero-order chi connectivity index (χ0) is 16.6. The van der Waals surface area contributed by atoms with Crippen LogP contribution in [-0.2, 0) is 17.6 Å². The first-order valence-corrected chi connectivity index (χ1v) is 8.27. The van der Waals surface area contributed by atoms with Crippen molar-refractivity contribution in [2.75, 3.05) is 0 Å². The number of rotatable bonds is 4. The minimum absolute atomic E-state index is 0.0331. The van der Waals surface area contributed by atoms with Gasteiger partial charge in [-0.3, -0.25) is 4.79 Å². The lowest BCUT2D eigenvalue weighted by molar-refractivity contribution is -0.136. The molecule has 1 heterocycles. The average molecular weight is 398 g/mol. The first kappa shape index (κ1) is 16.0. The molecule has 0 aliphatic heterocycles. The summed E-state index contributed by atoms with van der Waals surface area (Å²) in [5.74, 6) is -2.77. The monoisotopic (exact) mass is 397 g/mol. The van der Waals surface area contributed by atoms with Crippen molar-refractivity contribution in [2.24, 2.45) is 0 Å². The highest BCUT2D eigenvalue weighted by Crippen LogP contribution is 2.28. The Morgan fingerprint density at radius 3 is 2.70 bits per heavy atom. The van der Waals surface area contributed by atoms with Crippen molar-refractivity contribution in [1.82, 2.24) is 4.98 Å². The Kier molecular flexibility index (Phi) is 4.41. The van der Waals surface area contributed by atoms with Crippen molar-refractivity contribution < 1.29 is 18.7 Å². The van der Waals surface area contributed by atoms with E-state index in [2.05, 4.69) is 20.9 Å². The van der Waals surface area contributed by atoms with Gasteiger partial charge in [0.1, 0.15) is 5.52 Å². The van der Waals surface area contributed by atoms with Crippen LogP contribution in [0.1, 0.15) is 16.1 Å². The largest absolute Gasteiger partial charge is 0.481 e. The molecule has 7 heteroatoms. The number of halogens is 3. The predicted octanol–water partition coefficient (Wildman–Crippen LogP) is 4.55. The first-order valence-electron chi connectivity index (χ1n) is 6.66. The van der Waals surface area contributed by atoms with Gasteiger partial charge in [0.25, 0.3) is 0 Å². The maximum Gasteiger partial charge on any atom is 0.307 e. The summed E-state index contributed by atoms with van der Waals surface area (Å²) in [6.07, 6.45) is 0.346. The molecule has 0 radical (unpaired) electrons. The minimum Gasteiger partial charge on any atom is -0.481 e. The number of fused-ring (bicyclic) bond motifs is 1. The molecule has 0 amide bonds. The SMILES string of the molecule is O=C(O)Cc1cc(Br)cc(Cc2nc3c(F)c(F)ccc3s2)c1. The number of thiazole rings is 1. The van der Waals surface area contributed by atoms with Crippen molar-refractivity contribution in [1.29, 1.82) is 0 Å². The van der Waals surface area contributed by atoms with Crippen molar-refractivity contribution in [3.05, 3.63) is 62.6 Å². The second kappa shape index (κ2) is 6.33. The summed E-state index contributed by atoms with van der Waals surface area (Å²) in [6, 6.07) is 7.97. The van der Waals surface area contributed by atoms with Crippen LogP contribution in [0.5, 0.6) is 0 Å². The van der Waals surface area contributed by atoms with E-state index >= 15 is 0 Å². The molecule has 1 aromatic heterocycles. The third-order valence-corrected chi connectivity index (χ3v) is 4.70. The Labute approximate surface area is 142 Å². The highest BCUT2D eigenvalue weighted by Gasteiger charge is 2.13. The normalized spacial score (nSPS) is 11.1. The molecule has 0 saturated carbocycles. The number of carboxylic acid groups (broad SMARTS) is 1. The second-order valence-electron chi connectivity index (χ2n) is 5.03. The molecule has 0 saturated heterocycles. The van der Waals surface area contributed by atoms with E-state index in [1.807, 2.05) is 6.07 Å². The summed E-state index contributed by atoms with van der Waals surface area (Å²) in [4.78, 5) is 15.0. The number of carboxylic acids is 1. The van der Waals surface area contributed by atoms with E-state index in [1.165, 1.54) is 17.4 Å². The van der Waals surface area contributed by atoms with E-state index < -0.39 is 17.6 Å². The molecule has 0 bridgehead atoms. The molecule has 0 atom stereocenters. The first-order chi connectivity index (χ1) is 10.9. The number of hydrogen-bond donors (Lipinski definition) is 1. The van der Waals surface area contributed by atoms with E-state index in [1.54, 1.807) is 12.1 Å². The molecule has 118 valence electrons. The summed E-state index contributed by atoms with van der Waals surface area (Å²) in [5, 5.41) is 9.53. The summed E-state index contributed by atoms with van der Waals surface area (Å²) in [6.45, 7) is 0. The second-order valence-corrected chi connectivity index (χ2v) is 7.06. The highest BCUT2D eigenvalue weighted by atomic mass is 79.9. The molecule has 0 fully saturated rings. The van der Waals surface area contributed by atoms with Gasteiger partial charge in [-0.25, -0.2) is 13.8 Å². The number of benzene rings is 2. The van der Waals surface area contributed by atoms with Crippen LogP contribution in [0, 0.1) is 11.6 Å². The van der Waals surface area contributed by atoms with Gasteiger partial charge in [0.05, 0.1) is 16.1 Å². The fraction of sp³-hybridized carbons (Fsp3) is 0.125. The van der Waals surface area contributed by atoms with E-state index in [4.69, 9.17) is 5.11 Å². The lowest BCUT2D eigenvalue weighted by Gasteiger charge is -2.04.